The van der Waals surface area contributed by atoms with Crippen molar-refractivity contribution in [1.82, 2.24) is 0 Å². The summed E-state index contributed by atoms with van der Waals surface area (Å²) in [5.74, 6) is 0.282. The number of aliphatic imine (C=N–C) groups is 2. The zero-order chi connectivity index (χ0) is 54.0. The van der Waals surface area contributed by atoms with Crippen molar-refractivity contribution in [2.45, 2.75) is 13.8 Å². The second-order valence-corrected chi connectivity index (χ2v) is 20.5. The maximum absolute atomic E-state index is 11.8. The number of phenolic OH excluding ortho intramolecular Hbond substituents is 2. The molecule has 0 fully saturated rings. The first-order valence-corrected chi connectivity index (χ1v) is 26.7. The quantitative estimate of drug-likeness (QED) is 0.0794. The average Bonchev–Trinajstić information content (AvgIpc) is 3.64. The van der Waals surface area contributed by atoms with Crippen molar-refractivity contribution in [2.75, 3.05) is 23.3 Å². The van der Waals surface area contributed by atoms with Crippen LogP contribution in [-0.2, 0) is 0 Å². The van der Waals surface area contributed by atoms with Gasteiger partial charge in [0.1, 0.15) is 11.5 Å². The molecule has 6 heteroatoms. The molecule has 0 aliphatic carbocycles. The van der Waals surface area contributed by atoms with Crippen LogP contribution in [0.4, 0.5) is 28.4 Å². The smallest absolute Gasteiger partial charge is 0.124 e. The molecule has 0 aliphatic rings. The molecule has 11 aromatic carbocycles. The standard InChI is InChI=1S/C73H60N4O2/c1-73(2,50-74-48-58-40-38-56(42-69(58)78)71-65(52-24-10-3-11-25-52)44-61(76-60-32-18-7-19-33-60)45-66(71)53-26-12-4-13-27-53)51-75-49-59-41-39-57(43-70(59)79)72-67(54-28-14-5-15-29-54)46-64(47-68(72)55-30-16-6-17-31-55)77(62-34-20-8-21-35-62)63-36-22-9-23-37-63/h3-49,76,78-79H,50-51H2,1-2H3. The Bertz CT molecular complexity index is 3730. The van der Waals surface area contributed by atoms with E-state index in [1.807, 2.05) is 78.9 Å². The lowest BCUT2D eigenvalue weighted by Gasteiger charge is -2.28. The molecule has 0 saturated heterocycles. The van der Waals surface area contributed by atoms with Crippen LogP contribution in [0.25, 0.3) is 66.8 Å². The molecular formula is C73H60N4O2. The van der Waals surface area contributed by atoms with Crippen LogP contribution in [-0.4, -0.2) is 35.7 Å². The molecule has 0 unspecified atom stereocenters. The third-order valence-corrected chi connectivity index (χ3v) is 14.1. The molecule has 0 heterocycles. The zero-order valence-electron chi connectivity index (χ0n) is 44.3. The van der Waals surface area contributed by atoms with Gasteiger partial charge in [0.2, 0.25) is 0 Å². The molecule has 6 nitrogen and oxygen atoms in total. The van der Waals surface area contributed by atoms with Gasteiger partial charge in [-0.3, -0.25) is 9.98 Å². The summed E-state index contributed by atoms with van der Waals surface area (Å²) in [7, 11) is 0. The number of rotatable bonds is 17. The summed E-state index contributed by atoms with van der Waals surface area (Å²) in [6.45, 7) is 5.18. The number of hydrogen-bond donors (Lipinski definition) is 3. The summed E-state index contributed by atoms with van der Waals surface area (Å²) >= 11 is 0. The Kier molecular flexibility index (Phi) is 15.2. The fraction of sp³-hybridized carbons (Fsp3) is 0.0685. The predicted octanol–water partition coefficient (Wildman–Crippen LogP) is 18.9. The Morgan fingerprint density at radius 3 is 1.04 bits per heavy atom. The second-order valence-electron chi connectivity index (χ2n) is 20.5. The van der Waals surface area contributed by atoms with Gasteiger partial charge in [0.05, 0.1) is 0 Å². The van der Waals surface area contributed by atoms with Gasteiger partial charge >= 0.3 is 0 Å². The summed E-state index contributed by atoms with van der Waals surface area (Å²) in [4.78, 5) is 12.0. The van der Waals surface area contributed by atoms with Gasteiger partial charge in [-0.15, -0.1) is 0 Å². The highest BCUT2D eigenvalue weighted by atomic mass is 16.3. The Labute approximate surface area is 463 Å². The van der Waals surface area contributed by atoms with Crippen LogP contribution < -0.4 is 10.2 Å². The van der Waals surface area contributed by atoms with Crippen molar-refractivity contribution < 1.29 is 10.2 Å². The highest BCUT2D eigenvalue weighted by molar-refractivity contribution is 6.01. The summed E-state index contributed by atoms with van der Waals surface area (Å²) in [6, 6.07) is 93.5. The molecule has 0 saturated carbocycles. The minimum absolute atomic E-state index is 0.139. The lowest BCUT2D eigenvalue weighted by atomic mass is 9.86. The van der Waals surface area contributed by atoms with Crippen LogP contribution in [0.15, 0.2) is 283 Å². The number of benzene rings is 11. The molecule has 11 rings (SSSR count). The van der Waals surface area contributed by atoms with E-state index in [1.165, 1.54) is 0 Å². The summed E-state index contributed by atoms with van der Waals surface area (Å²) in [5, 5.41) is 27.1. The van der Waals surface area contributed by atoms with E-state index < -0.39 is 0 Å². The van der Waals surface area contributed by atoms with Crippen molar-refractivity contribution in [3.05, 3.63) is 284 Å². The molecule has 0 atom stereocenters. The van der Waals surface area contributed by atoms with Gasteiger partial charge in [-0.1, -0.05) is 202 Å². The summed E-state index contributed by atoms with van der Waals surface area (Å²) in [6.07, 6.45) is 3.50. The van der Waals surface area contributed by atoms with E-state index in [2.05, 4.69) is 218 Å². The number of nitrogens with one attached hydrogen (secondary N) is 1. The molecule has 79 heavy (non-hydrogen) atoms. The summed E-state index contributed by atoms with van der Waals surface area (Å²) < 4.78 is 0. The van der Waals surface area contributed by atoms with Crippen LogP contribution in [0.2, 0.25) is 0 Å². The first-order chi connectivity index (χ1) is 38.7. The first-order valence-electron chi connectivity index (χ1n) is 26.7. The van der Waals surface area contributed by atoms with Crippen LogP contribution in [0, 0.1) is 5.41 Å². The fourth-order valence-electron chi connectivity index (χ4n) is 10.2. The second kappa shape index (κ2) is 23.5. The molecule has 0 aromatic heterocycles. The number of anilines is 5. The van der Waals surface area contributed by atoms with Gasteiger partial charge in [-0.25, -0.2) is 0 Å². The minimum Gasteiger partial charge on any atom is -0.507 e. The molecule has 11 aromatic rings. The van der Waals surface area contributed by atoms with Crippen LogP contribution >= 0.6 is 0 Å². The number of para-hydroxylation sites is 3. The number of nitrogens with zero attached hydrogens (tertiary/aromatic N) is 3. The van der Waals surface area contributed by atoms with Gasteiger partial charge in [0.15, 0.2) is 0 Å². The highest BCUT2D eigenvalue weighted by Gasteiger charge is 2.23. The van der Waals surface area contributed by atoms with Crippen molar-refractivity contribution in [3.63, 3.8) is 0 Å². The third kappa shape index (κ3) is 11.9. The van der Waals surface area contributed by atoms with E-state index in [0.29, 0.717) is 24.2 Å². The van der Waals surface area contributed by atoms with E-state index in [0.717, 1.165) is 95.2 Å². The molecule has 0 amide bonds. The summed E-state index contributed by atoms with van der Waals surface area (Å²) in [5.41, 5.74) is 18.2. The molecular weight excluding hydrogens is 965 g/mol. The molecule has 3 N–H and O–H groups in total. The molecule has 0 radical (unpaired) electrons. The largest absolute Gasteiger partial charge is 0.507 e. The van der Waals surface area contributed by atoms with Crippen molar-refractivity contribution in [3.8, 4) is 78.3 Å². The lowest BCUT2D eigenvalue weighted by molar-refractivity contribution is 0.396. The van der Waals surface area contributed by atoms with Gasteiger partial charge in [-0.05, 0) is 152 Å². The van der Waals surface area contributed by atoms with E-state index in [9.17, 15) is 10.2 Å². The van der Waals surface area contributed by atoms with Gasteiger partial charge in [0, 0.05) is 70.5 Å². The SMILES string of the molecule is CC(C)(CN=Cc1ccc(-c2c(-c3ccccc3)cc(Nc3ccccc3)cc2-c2ccccc2)cc1O)CN=Cc1ccc(-c2c(-c3ccccc3)cc(N(c3ccccc3)c3ccccc3)cc2-c2ccccc2)cc1O. The molecule has 0 bridgehead atoms. The Hall–Kier alpha value is -10.0. The van der Waals surface area contributed by atoms with Crippen molar-refractivity contribution >= 4 is 40.9 Å². The topological polar surface area (TPSA) is 80.5 Å². The Balaban J connectivity index is 0.854. The fourth-order valence-corrected chi connectivity index (χ4v) is 10.2. The van der Waals surface area contributed by atoms with Crippen LogP contribution in [0.5, 0.6) is 11.5 Å². The lowest BCUT2D eigenvalue weighted by Crippen LogP contribution is -2.19. The number of hydrogen-bond acceptors (Lipinski definition) is 6. The molecule has 0 spiro atoms. The van der Waals surface area contributed by atoms with Crippen LogP contribution in [0.3, 0.4) is 0 Å². The zero-order valence-corrected chi connectivity index (χ0v) is 44.3. The Morgan fingerprint density at radius 2 is 0.684 bits per heavy atom. The van der Waals surface area contributed by atoms with E-state index in [-0.39, 0.29) is 16.9 Å². The molecule has 0 aliphatic heterocycles. The number of phenols is 2. The normalized spacial score (nSPS) is 11.5. The predicted molar refractivity (Wildman–Crippen MR) is 332 cm³/mol. The van der Waals surface area contributed by atoms with Crippen LogP contribution in [0.1, 0.15) is 25.0 Å². The van der Waals surface area contributed by atoms with Crippen molar-refractivity contribution in [2.24, 2.45) is 15.4 Å². The number of aromatic hydroxyl groups is 2. The first kappa shape index (κ1) is 51.1. The van der Waals surface area contributed by atoms with Gasteiger partial charge < -0.3 is 20.4 Å². The minimum atomic E-state index is -0.326. The Morgan fingerprint density at radius 1 is 0.354 bits per heavy atom. The highest BCUT2D eigenvalue weighted by Crippen LogP contribution is 2.48. The van der Waals surface area contributed by atoms with E-state index in [4.69, 9.17) is 9.98 Å². The van der Waals surface area contributed by atoms with Gasteiger partial charge in [-0.2, -0.15) is 0 Å². The van der Waals surface area contributed by atoms with Crippen molar-refractivity contribution in [1.29, 1.82) is 0 Å². The molecule has 384 valence electrons. The third-order valence-electron chi connectivity index (χ3n) is 14.1. The monoisotopic (exact) mass is 1020 g/mol. The van der Waals surface area contributed by atoms with E-state index in [1.54, 1.807) is 12.4 Å². The maximum Gasteiger partial charge on any atom is 0.124 e. The maximum atomic E-state index is 11.8. The van der Waals surface area contributed by atoms with Gasteiger partial charge in [0.25, 0.3) is 0 Å². The van der Waals surface area contributed by atoms with E-state index >= 15 is 0 Å². The average molecular weight is 1030 g/mol.